The van der Waals surface area contributed by atoms with Crippen LogP contribution in [0.5, 0.6) is 0 Å². The van der Waals surface area contributed by atoms with E-state index in [-0.39, 0.29) is 10.5 Å². The maximum absolute atomic E-state index is 12.5. The van der Waals surface area contributed by atoms with Crippen LogP contribution >= 0.6 is 0 Å². The first-order valence-corrected chi connectivity index (χ1v) is 8.05. The first kappa shape index (κ1) is 16.2. The van der Waals surface area contributed by atoms with Gasteiger partial charge in [-0.05, 0) is 24.6 Å². The molecule has 6 heteroatoms. The highest BCUT2D eigenvalue weighted by atomic mass is 32.2. The molecule has 0 radical (unpaired) electrons. The van der Waals surface area contributed by atoms with Crippen molar-refractivity contribution in [1.29, 1.82) is 0 Å². The lowest BCUT2D eigenvalue weighted by molar-refractivity contribution is 0.0697. The molecule has 0 spiro atoms. The second-order valence-corrected chi connectivity index (χ2v) is 7.26. The highest BCUT2D eigenvalue weighted by Crippen LogP contribution is 2.31. The molecule has 22 heavy (non-hydrogen) atoms. The SMILES string of the molecule is Cc1ccc(-c2ccccc2S(=O)(=O)N(C)C)c(C(=O)O)c1. The van der Waals surface area contributed by atoms with E-state index in [1.165, 1.54) is 26.2 Å². The molecule has 0 saturated heterocycles. The average Bonchev–Trinajstić information content (AvgIpc) is 2.47. The fourth-order valence-electron chi connectivity index (χ4n) is 2.18. The Labute approximate surface area is 129 Å². The van der Waals surface area contributed by atoms with Gasteiger partial charge >= 0.3 is 5.97 Å². The van der Waals surface area contributed by atoms with Crippen molar-refractivity contribution in [2.75, 3.05) is 14.1 Å². The molecule has 0 aliphatic carbocycles. The molecule has 0 amide bonds. The van der Waals surface area contributed by atoms with Crippen LogP contribution in [0, 0.1) is 6.92 Å². The zero-order valence-electron chi connectivity index (χ0n) is 12.6. The molecule has 2 aromatic carbocycles. The van der Waals surface area contributed by atoms with Gasteiger partial charge in [0.05, 0.1) is 10.5 Å². The van der Waals surface area contributed by atoms with E-state index in [9.17, 15) is 18.3 Å². The van der Waals surface area contributed by atoms with Crippen molar-refractivity contribution < 1.29 is 18.3 Å². The van der Waals surface area contributed by atoms with Crippen molar-refractivity contribution in [3.8, 4) is 11.1 Å². The summed E-state index contributed by atoms with van der Waals surface area (Å²) in [6, 6.07) is 11.4. The van der Waals surface area contributed by atoms with Crippen LogP contribution in [0.2, 0.25) is 0 Å². The minimum atomic E-state index is -3.67. The number of carbonyl (C=O) groups is 1. The second kappa shape index (κ2) is 5.90. The predicted molar refractivity (Wildman–Crippen MR) is 84.4 cm³/mol. The Balaban J connectivity index is 2.79. The summed E-state index contributed by atoms with van der Waals surface area (Å²) in [6.45, 7) is 1.79. The second-order valence-electron chi connectivity index (χ2n) is 5.14. The lowest BCUT2D eigenvalue weighted by Crippen LogP contribution is -2.23. The lowest BCUT2D eigenvalue weighted by Gasteiger charge is -2.16. The van der Waals surface area contributed by atoms with E-state index in [2.05, 4.69) is 0 Å². The maximum atomic E-state index is 12.5. The number of aryl methyl sites for hydroxylation is 1. The van der Waals surface area contributed by atoms with Crippen molar-refractivity contribution in [3.05, 3.63) is 53.6 Å². The Kier molecular flexibility index (Phi) is 4.35. The molecule has 0 atom stereocenters. The molecule has 0 unspecified atom stereocenters. The van der Waals surface area contributed by atoms with E-state index in [4.69, 9.17) is 0 Å². The summed E-state index contributed by atoms with van der Waals surface area (Å²) in [6.07, 6.45) is 0. The van der Waals surface area contributed by atoms with Gasteiger partial charge in [-0.1, -0.05) is 35.9 Å². The van der Waals surface area contributed by atoms with E-state index in [1.54, 1.807) is 37.3 Å². The third-order valence-electron chi connectivity index (χ3n) is 3.34. The summed E-state index contributed by atoms with van der Waals surface area (Å²) < 4.78 is 26.0. The molecular formula is C16H17NO4S. The van der Waals surface area contributed by atoms with Gasteiger partial charge in [0.1, 0.15) is 0 Å². The van der Waals surface area contributed by atoms with Gasteiger partial charge in [-0.15, -0.1) is 0 Å². The molecule has 5 nitrogen and oxygen atoms in total. The van der Waals surface area contributed by atoms with Gasteiger partial charge < -0.3 is 5.11 Å². The monoisotopic (exact) mass is 319 g/mol. The van der Waals surface area contributed by atoms with Crippen molar-refractivity contribution >= 4 is 16.0 Å². The van der Waals surface area contributed by atoms with Crippen LogP contribution in [0.3, 0.4) is 0 Å². The largest absolute Gasteiger partial charge is 0.478 e. The van der Waals surface area contributed by atoms with E-state index >= 15 is 0 Å². The summed E-state index contributed by atoms with van der Waals surface area (Å²) in [5.41, 5.74) is 1.66. The Hall–Kier alpha value is -2.18. The first-order chi connectivity index (χ1) is 10.2. The minimum absolute atomic E-state index is 0.0846. The Morgan fingerprint density at radius 1 is 1.05 bits per heavy atom. The van der Waals surface area contributed by atoms with Crippen LogP contribution in [0.4, 0.5) is 0 Å². The van der Waals surface area contributed by atoms with Crippen LogP contribution in [0.15, 0.2) is 47.4 Å². The van der Waals surface area contributed by atoms with E-state index < -0.39 is 16.0 Å². The molecule has 0 aliphatic heterocycles. The van der Waals surface area contributed by atoms with Gasteiger partial charge in [0.15, 0.2) is 0 Å². The molecule has 2 rings (SSSR count). The summed E-state index contributed by atoms with van der Waals surface area (Å²) in [5.74, 6) is -1.09. The Morgan fingerprint density at radius 2 is 1.68 bits per heavy atom. The fourth-order valence-corrected chi connectivity index (χ4v) is 3.28. The first-order valence-electron chi connectivity index (χ1n) is 6.61. The van der Waals surface area contributed by atoms with E-state index in [1.807, 2.05) is 0 Å². The summed E-state index contributed by atoms with van der Waals surface area (Å²) in [4.78, 5) is 11.6. The topological polar surface area (TPSA) is 74.7 Å². The van der Waals surface area contributed by atoms with Crippen LogP contribution in [-0.4, -0.2) is 37.9 Å². The van der Waals surface area contributed by atoms with Gasteiger partial charge in [0.2, 0.25) is 10.0 Å². The normalized spacial score (nSPS) is 11.6. The van der Waals surface area contributed by atoms with Crippen LogP contribution in [0.1, 0.15) is 15.9 Å². The molecule has 1 N–H and O–H groups in total. The molecule has 0 saturated carbocycles. The quantitative estimate of drug-likeness (QED) is 0.940. The molecule has 0 aromatic heterocycles. The van der Waals surface area contributed by atoms with Crippen molar-refractivity contribution in [2.24, 2.45) is 0 Å². The number of rotatable bonds is 4. The van der Waals surface area contributed by atoms with E-state index in [0.29, 0.717) is 11.1 Å². The van der Waals surface area contributed by atoms with E-state index in [0.717, 1.165) is 9.87 Å². The maximum Gasteiger partial charge on any atom is 0.336 e. The van der Waals surface area contributed by atoms with Crippen LogP contribution < -0.4 is 0 Å². The van der Waals surface area contributed by atoms with Crippen LogP contribution in [-0.2, 0) is 10.0 Å². The number of hydrogen-bond donors (Lipinski definition) is 1. The molecule has 0 heterocycles. The third-order valence-corrected chi connectivity index (χ3v) is 5.21. The van der Waals surface area contributed by atoms with Crippen molar-refractivity contribution in [3.63, 3.8) is 0 Å². The fraction of sp³-hybridized carbons (Fsp3) is 0.188. The van der Waals surface area contributed by atoms with Crippen molar-refractivity contribution in [2.45, 2.75) is 11.8 Å². The smallest absolute Gasteiger partial charge is 0.336 e. The number of sulfonamides is 1. The van der Waals surface area contributed by atoms with Crippen molar-refractivity contribution in [1.82, 2.24) is 4.31 Å². The molecular weight excluding hydrogens is 302 g/mol. The summed E-state index contributed by atoms with van der Waals surface area (Å²) in [5, 5.41) is 9.39. The zero-order valence-corrected chi connectivity index (χ0v) is 13.4. The van der Waals surface area contributed by atoms with Gasteiger partial charge in [-0.2, -0.15) is 0 Å². The lowest BCUT2D eigenvalue weighted by atomic mass is 9.98. The van der Waals surface area contributed by atoms with Gasteiger partial charge in [-0.25, -0.2) is 17.5 Å². The molecule has 0 aliphatic rings. The average molecular weight is 319 g/mol. The molecule has 0 bridgehead atoms. The minimum Gasteiger partial charge on any atom is -0.478 e. The highest BCUT2D eigenvalue weighted by molar-refractivity contribution is 7.89. The number of benzene rings is 2. The number of carboxylic acids is 1. The Morgan fingerprint density at radius 3 is 2.27 bits per heavy atom. The van der Waals surface area contributed by atoms with Crippen LogP contribution in [0.25, 0.3) is 11.1 Å². The summed E-state index contributed by atoms with van der Waals surface area (Å²) in [7, 11) is -0.780. The molecule has 116 valence electrons. The Bertz CT molecular complexity index is 826. The van der Waals surface area contributed by atoms with Gasteiger partial charge in [-0.3, -0.25) is 0 Å². The molecule has 2 aromatic rings. The number of nitrogens with zero attached hydrogens (tertiary/aromatic N) is 1. The number of carboxylic acid groups (broad SMARTS) is 1. The number of hydrogen-bond acceptors (Lipinski definition) is 3. The number of aromatic carboxylic acids is 1. The standard InChI is InChI=1S/C16H17NO4S/c1-11-8-9-12(14(10-11)16(18)19)13-6-4-5-7-15(13)22(20,21)17(2)3/h4-10H,1-3H3,(H,18,19). The van der Waals surface area contributed by atoms with Gasteiger partial charge in [0, 0.05) is 19.7 Å². The third kappa shape index (κ3) is 2.88. The summed E-state index contributed by atoms with van der Waals surface area (Å²) >= 11 is 0. The predicted octanol–water partition coefficient (Wildman–Crippen LogP) is 2.61. The zero-order chi connectivity index (χ0) is 16.5. The highest BCUT2D eigenvalue weighted by Gasteiger charge is 2.23. The molecule has 0 fully saturated rings. The van der Waals surface area contributed by atoms with Gasteiger partial charge in [0.25, 0.3) is 0 Å².